The van der Waals surface area contributed by atoms with Crippen LogP contribution in [0.4, 0.5) is 4.39 Å². The molecule has 0 bridgehead atoms. The van der Waals surface area contributed by atoms with E-state index >= 15 is 0 Å². The van der Waals surface area contributed by atoms with Gasteiger partial charge in [-0.25, -0.2) is 13.8 Å². The molecule has 0 N–H and O–H groups in total. The molecule has 4 nitrogen and oxygen atoms in total. The Morgan fingerprint density at radius 2 is 1.85 bits per heavy atom. The molecule has 0 amide bonds. The zero-order chi connectivity index (χ0) is 17.7. The SMILES string of the molecule is O=c1/c(=C/c2ccc(-c3ccc(F)cc3)o2)sc2nc3ccccc3n12. The van der Waals surface area contributed by atoms with E-state index in [1.807, 2.05) is 24.3 Å². The standard InChI is InChI=1S/C20H11FN2O2S/c21-13-7-5-12(6-8-13)17-10-9-14(25-17)11-18-19(24)23-16-4-2-1-3-15(16)22-20(23)26-18/h1-11H/b18-11-. The van der Waals surface area contributed by atoms with Crippen LogP contribution >= 0.6 is 11.3 Å². The number of aromatic nitrogens is 2. The summed E-state index contributed by atoms with van der Waals surface area (Å²) < 4.78 is 21.0. The third-order valence-electron chi connectivity index (χ3n) is 4.17. The monoisotopic (exact) mass is 362 g/mol. The Morgan fingerprint density at radius 3 is 2.69 bits per heavy atom. The van der Waals surface area contributed by atoms with Gasteiger partial charge in [0.05, 0.1) is 11.0 Å². The van der Waals surface area contributed by atoms with E-state index in [-0.39, 0.29) is 11.4 Å². The number of rotatable bonds is 2. The lowest BCUT2D eigenvalue weighted by atomic mass is 10.2. The first-order valence-electron chi connectivity index (χ1n) is 7.96. The van der Waals surface area contributed by atoms with E-state index in [9.17, 15) is 9.18 Å². The van der Waals surface area contributed by atoms with Crippen LogP contribution in [0.2, 0.25) is 0 Å². The minimum absolute atomic E-state index is 0.113. The summed E-state index contributed by atoms with van der Waals surface area (Å²) in [7, 11) is 0. The molecule has 0 atom stereocenters. The molecule has 0 spiro atoms. The second kappa shape index (κ2) is 5.64. The number of furan rings is 1. The van der Waals surface area contributed by atoms with Crippen LogP contribution in [0, 0.1) is 5.82 Å². The predicted octanol–water partition coefficient (Wildman–Crippen LogP) is 3.86. The number of fused-ring (bicyclic) bond motifs is 3. The molecule has 0 unspecified atom stereocenters. The van der Waals surface area contributed by atoms with E-state index in [0.29, 0.717) is 21.0 Å². The van der Waals surface area contributed by atoms with E-state index in [1.54, 1.807) is 34.7 Å². The quantitative estimate of drug-likeness (QED) is 0.479. The van der Waals surface area contributed by atoms with Gasteiger partial charge in [0.25, 0.3) is 5.56 Å². The molecule has 126 valence electrons. The first-order chi connectivity index (χ1) is 12.7. The van der Waals surface area contributed by atoms with Crippen molar-refractivity contribution in [3.05, 3.63) is 87.1 Å². The van der Waals surface area contributed by atoms with E-state index < -0.39 is 0 Å². The zero-order valence-corrected chi connectivity index (χ0v) is 14.2. The lowest BCUT2D eigenvalue weighted by molar-refractivity contribution is 0.571. The highest BCUT2D eigenvalue weighted by atomic mass is 32.1. The topological polar surface area (TPSA) is 47.5 Å². The van der Waals surface area contributed by atoms with Gasteiger partial charge in [-0.05, 0) is 48.5 Å². The van der Waals surface area contributed by atoms with E-state index in [4.69, 9.17) is 4.42 Å². The average Bonchev–Trinajstić information content (AvgIpc) is 3.32. The number of nitrogens with zero attached hydrogens (tertiary/aromatic N) is 2. The highest BCUT2D eigenvalue weighted by Crippen LogP contribution is 2.23. The van der Waals surface area contributed by atoms with Crippen molar-refractivity contribution >= 4 is 33.4 Å². The van der Waals surface area contributed by atoms with E-state index in [1.165, 1.54) is 23.5 Å². The Morgan fingerprint density at radius 1 is 1.04 bits per heavy atom. The Labute approximate surface area is 150 Å². The van der Waals surface area contributed by atoms with Crippen LogP contribution in [0.1, 0.15) is 5.76 Å². The molecule has 5 aromatic rings. The van der Waals surface area contributed by atoms with Crippen LogP contribution in [-0.4, -0.2) is 9.38 Å². The average molecular weight is 362 g/mol. The summed E-state index contributed by atoms with van der Waals surface area (Å²) in [6, 6.07) is 17.2. The van der Waals surface area contributed by atoms with Gasteiger partial charge in [-0.2, -0.15) is 0 Å². The fraction of sp³-hybridized carbons (Fsp3) is 0. The molecule has 0 aliphatic carbocycles. The minimum Gasteiger partial charge on any atom is -0.457 e. The van der Waals surface area contributed by atoms with Gasteiger partial charge in [0.2, 0.25) is 0 Å². The van der Waals surface area contributed by atoms with Gasteiger partial charge in [-0.3, -0.25) is 4.79 Å². The smallest absolute Gasteiger partial charge is 0.275 e. The normalized spacial score (nSPS) is 12.4. The van der Waals surface area contributed by atoms with Crippen molar-refractivity contribution in [3.8, 4) is 11.3 Å². The summed E-state index contributed by atoms with van der Waals surface area (Å²) in [5.41, 5.74) is 2.27. The predicted molar refractivity (Wildman–Crippen MR) is 99.7 cm³/mol. The van der Waals surface area contributed by atoms with Gasteiger partial charge in [0.15, 0.2) is 4.96 Å². The molecule has 3 heterocycles. The lowest BCUT2D eigenvalue weighted by Crippen LogP contribution is -2.22. The van der Waals surface area contributed by atoms with Crippen LogP contribution < -0.4 is 10.1 Å². The zero-order valence-electron chi connectivity index (χ0n) is 13.3. The first-order valence-corrected chi connectivity index (χ1v) is 8.78. The van der Waals surface area contributed by atoms with E-state index in [2.05, 4.69) is 4.98 Å². The van der Waals surface area contributed by atoms with Gasteiger partial charge in [-0.15, -0.1) is 0 Å². The molecular weight excluding hydrogens is 351 g/mol. The second-order valence-corrected chi connectivity index (χ2v) is 6.85. The fourth-order valence-corrected chi connectivity index (χ4v) is 3.91. The maximum Gasteiger partial charge on any atom is 0.275 e. The van der Waals surface area contributed by atoms with Crippen molar-refractivity contribution in [2.45, 2.75) is 0 Å². The second-order valence-electron chi connectivity index (χ2n) is 5.84. The molecular formula is C20H11FN2O2S. The van der Waals surface area contributed by atoms with Gasteiger partial charge >= 0.3 is 0 Å². The summed E-state index contributed by atoms with van der Waals surface area (Å²) in [5, 5.41) is 0. The lowest BCUT2D eigenvalue weighted by Gasteiger charge is -1.95. The van der Waals surface area contributed by atoms with Crippen molar-refractivity contribution in [1.82, 2.24) is 9.38 Å². The van der Waals surface area contributed by atoms with Crippen LogP contribution in [0.15, 0.2) is 69.9 Å². The molecule has 0 aliphatic rings. The van der Waals surface area contributed by atoms with E-state index in [0.717, 1.165) is 16.6 Å². The highest BCUT2D eigenvalue weighted by Gasteiger charge is 2.11. The molecule has 0 fully saturated rings. The molecule has 0 radical (unpaired) electrons. The largest absolute Gasteiger partial charge is 0.457 e. The third-order valence-corrected chi connectivity index (χ3v) is 5.14. The number of hydrogen-bond donors (Lipinski definition) is 0. The maximum absolute atomic E-state index is 13.0. The van der Waals surface area contributed by atoms with Crippen LogP contribution in [0.3, 0.4) is 0 Å². The Balaban J connectivity index is 1.62. The van der Waals surface area contributed by atoms with Crippen LogP contribution in [-0.2, 0) is 0 Å². The van der Waals surface area contributed by atoms with Crippen molar-refractivity contribution in [2.75, 3.05) is 0 Å². The first kappa shape index (κ1) is 15.0. The summed E-state index contributed by atoms with van der Waals surface area (Å²) >= 11 is 1.33. The molecule has 2 aromatic carbocycles. The van der Waals surface area contributed by atoms with Crippen molar-refractivity contribution < 1.29 is 8.81 Å². The van der Waals surface area contributed by atoms with Crippen molar-refractivity contribution in [1.29, 1.82) is 0 Å². The number of benzene rings is 2. The number of para-hydroxylation sites is 2. The van der Waals surface area contributed by atoms with Gasteiger partial charge in [0, 0.05) is 11.6 Å². The number of imidazole rings is 1. The Kier molecular flexibility index (Phi) is 3.26. The Bertz CT molecular complexity index is 1360. The summed E-state index contributed by atoms with van der Waals surface area (Å²) in [4.78, 5) is 17.9. The molecule has 6 heteroatoms. The number of thiazole rings is 1. The van der Waals surface area contributed by atoms with Gasteiger partial charge in [-0.1, -0.05) is 23.5 Å². The highest BCUT2D eigenvalue weighted by molar-refractivity contribution is 7.15. The molecule has 5 rings (SSSR count). The van der Waals surface area contributed by atoms with Crippen molar-refractivity contribution in [2.24, 2.45) is 0 Å². The minimum atomic E-state index is -0.294. The summed E-state index contributed by atoms with van der Waals surface area (Å²) in [6.45, 7) is 0. The number of halogens is 1. The summed E-state index contributed by atoms with van der Waals surface area (Å²) in [5.74, 6) is 0.892. The molecule has 26 heavy (non-hydrogen) atoms. The van der Waals surface area contributed by atoms with Gasteiger partial charge < -0.3 is 4.42 Å². The maximum atomic E-state index is 13.0. The fourth-order valence-electron chi connectivity index (χ4n) is 2.94. The molecule has 0 aliphatic heterocycles. The molecule has 0 saturated carbocycles. The third kappa shape index (κ3) is 2.34. The molecule has 0 saturated heterocycles. The summed E-state index contributed by atoms with van der Waals surface area (Å²) in [6.07, 6.45) is 1.71. The number of hydrogen-bond acceptors (Lipinski definition) is 4. The van der Waals surface area contributed by atoms with Gasteiger partial charge in [0.1, 0.15) is 21.9 Å². The van der Waals surface area contributed by atoms with Crippen LogP contribution in [0.5, 0.6) is 0 Å². The Hall–Kier alpha value is -3.25. The molecule has 3 aromatic heterocycles. The van der Waals surface area contributed by atoms with Crippen LogP contribution in [0.25, 0.3) is 33.4 Å². The van der Waals surface area contributed by atoms with Crippen molar-refractivity contribution in [3.63, 3.8) is 0 Å².